The standard InChI is InChI=1S/C19H10ClF4N5O3S2.C10H8O3S/c20-13-6-17(34(30,31)29-18-28-27-9-33-18)14(21)7-16(13)32-15-2-1-11(19(22,23)24)5-12(15)10-3-4-25-26-8-10;11-14(12,13)10-6-5-8-3-1-2-4-9(8)7-10/h1-9H,(H,28,29);1-7H,(H,11,12,13). The van der Waals surface area contributed by atoms with Gasteiger partial charge in [0, 0.05) is 17.2 Å². The first-order chi connectivity index (χ1) is 22.6. The van der Waals surface area contributed by atoms with E-state index in [-0.39, 0.29) is 37.7 Å². The van der Waals surface area contributed by atoms with Crippen LogP contribution in [0.2, 0.25) is 5.02 Å². The van der Waals surface area contributed by atoms with Crippen molar-refractivity contribution >= 4 is 59.0 Å². The Morgan fingerprint density at radius 2 is 1.60 bits per heavy atom. The third kappa shape index (κ3) is 8.20. The van der Waals surface area contributed by atoms with Crippen LogP contribution in [0.5, 0.6) is 11.5 Å². The highest BCUT2D eigenvalue weighted by molar-refractivity contribution is 7.93. The summed E-state index contributed by atoms with van der Waals surface area (Å²) in [6, 6.07) is 17.4. The molecular weight excluding hydrogens is 722 g/mol. The van der Waals surface area contributed by atoms with E-state index in [0.717, 1.165) is 46.4 Å². The van der Waals surface area contributed by atoms with Gasteiger partial charge in [-0.15, -0.1) is 10.2 Å². The lowest BCUT2D eigenvalue weighted by Gasteiger charge is -2.16. The van der Waals surface area contributed by atoms with Crippen LogP contribution < -0.4 is 9.46 Å². The van der Waals surface area contributed by atoms with Gasteiger partial charge >= 0.3 is 6.18 Å². The average molecular weight is 740 g/mol. The molecule has 4 aromatic carbocycles. The number of hydrogen-bond donors (Lipinski definition) is 2. The maximum atomic E-state index is 14.7. The molecule has 0 amide bonds. The fraction of sp³-hybridized carbons (Fsp3) is 0.0345. The lowest BCUT2D eigenvalue weighted by Crippen LogP contribution is -2.14. The van der Waals surface area contributed by atoms with Gasteiger partial charge in [0.2, 0.25) is 5.13 Å². The van der Waals surface area contributed by atoms with Gasteiger partial charge in [0.1, 0.15) is 27.7 Å². The van der Waals surface area contributed by atoms with Gasteiger partial charge in [0.15, 0.2) is 0 Å². The number of fused-ring (bicyclic) bond motifs is 1. The first-order valence-electron chi connectivity index (χ1n) is 13.0. The minimum absolute atomic E-state index is 0.0177. The second kappa shape index (κ2) is 13.8. The van der Waals surface area contributed by atoms with E-state index in [1.807, 2.05) is 18.2 Å². The first-order valence-corrected chi connectivity index (χ1v) is 17.2. The number of anilines is 1. The lowest BCUT2D eigenvalue weighted by molar-refractivity contribution is -0.137. The molecule has 2 N–H and O–H groups in total. The molecule has 0 unspecified atom stereocenters. The molecule has 11 nitrogen and oxygen atoms in total. The summed E-state index contributed by atoms with van der Waals surface area (Å²) >= 11 is 7.01. The summed E-state index contributed by atoms with van der Waals surface area (Å²) in [5.41, 5.74) is 0.551. The van der Waals surface area contributed by atoms with Crippen molar-refractivity contribution in [3.8, 4) is 22.6 Å². The fourth-order valence-electron chi connectivity index (χ4n) is 4.10. The molecule has 0 bridgehead atoms. The Bertz CT molecular complexity index is 2310. The quantitative estimate of drug-likeness (QED) is 0.124. The molecule has 6 aromatic rings. The maximum absolute atomic E-state index is 14.7. The molecule has 48 heavy (non-hydrogen) atoms. The van der Waals surface area contributed by atoms with Gasteiger partial charge in [0.05, 0.1) is 27.9 Å². The maximum Gasteiger partial charge on any atom is 0.416 e. The molecular formula is C29H18ClF4N5O6S3. The minimum Gasteiger partial charge on any atom is -0.455 e. The molecule has 2 aromatic heterocycles. The second-order valence-corrected chi connectivity index (χ2v) is 13.8. The van der Waals surface area contributed by atoms with Crippen LogP contribution in [0.25, 0.3) is 21.9 Å². The van der Waals surface area contributed by atoms with E-state index in [1.165, 1.54) is 36.1 Å². The van der Waals surface area contributed by atoms with Crippen molar-refractivity contribution in [2.75, 3.05) is 4.72 Å². The van der Waals surface area contributed by atoms with Crippen molar-refractivity contribution < 1.29 is 43.7 Å². The number of ether oxygens (including phenoxy) is 1. The van der Waals surface area contributed by atoms with Gasteiger partial charge in [-0.2, -0.15) is 31.8 Å². The predicted molar refractivity (Wildman–Crippen MR) is 168 cm³/mol. The van der Waals surface area contributed by atoms with Crippen LogP contribution >= 0.6 is 22.9 Å². The topological polar surface area (TPSA) is 161 Å². The Balaban J connectivity index is 0.000000267. The Morgan fingerprint density at radius 1 is 0.854 bits per heavy atom. The zero-order valence-electron chi connectivity index (χ0n) is 23.6. The number of benzene rings is 4. The zero-order chi connectivity index (χ0) is 34.7. The Labute approximate surface area is 278 Å². The van der Waals surface area contributed by atoms with Crippen molar-refractivity contribution in [2.45, 2.75) is 16.0 Å². The van der Waals surface area contributed by atoms with Crippen LogP contribution in [0.1, 0.15) is 5.56 Å². The van der Waals surface area contributed by atoms with Crippen molar-refractivity contribution in [1.82, 2.24) is 20.4 Å². The van der Waals surface area contributed by atoms with Gasteiger partial charge in [-0.3, -0.25) is 9.27 Å². The first kappa shape index (κ1) is 34.6. The molecule has 0 fully saturated rings. The van der Waals surface area contributed by atoms with Crippen molar-refractivity contribution in [2.24, 2.45) is 0 Å². The van der Waals surface area contributed by atoms with Crippen LogP contribution in [0.3, 0.4) is 0 Å². The number of rotatable bonds is 7. The summed E-state index contributed by atoms with van der Waals surface area (Å²) < 4.78 is 118. The molecule has 248 valence electrons. The monoisotopic (exact) mass is 739 g/mol. The number of nitrogens with one attached hydrogen (secondary N) is 1. The number of nitrogens with zero attached hydrogens (tertiary/aromatic N) is 4. The van der Waals surface area contributed by atoms with Gasteiger partial charge in [-0.05, 0) is 53.2 Å². The highest BCUT2D eigenvalue weighted by Crippen LogP contribution is 2.41. The summed E-state index contributed by atoms with van der Waals surface area (Å²) in [5.74, 6) is -1.64. The van der Waals surface area contributed by atoms with Gasteiger partial charge in [-0.1, -0.05) is 53.3 Å². The van der Waals surface area contributed by atoms with Crippen molar-refractivity contribution in [3.05, 3.63) is 113 Å². The minimum atomic E-state index is -4.63. The van der Waals surface area contributed by atoms with Crippen molar-refractivity contribution in [1.29, 1.82) is 0 Å². The number of aromatic nitrogens is 4. The van der Waals surface area contributed by atoms with Gasteiger partial charge in [-0.25, -0.2) is 12.8 Å². The summed E-state index contributed by atoms with van der Waals surface area (Å²) in [5, 5.41) is 15.6. The number of halogens is 5. The summed E-state index contributed by atoms with van der Waals surface area (Å²) in [6.45, 7) is 0. The van der Waals surface area contributed by atoms with E-state index < -0.39 is 42.6 Å². The normalized spacial score (nSPS) is 11.9. The van der Waals surface area contributed by atoms with E-state index in [1.54, 1.807) is 12.1 Å². The zero-order valence-corrected chi connectivity index (χ0v) is 26.8. The SMILES string of the molecule is O=S(=O)(Nc1nncs1)c1cc(Cl)c(Oc2ccc(C(F)(F)F)cc2-c2ccnnc2)cc1F.O=S(=O)(O)c1ccc2ccccc2c1. The molecule has 0 atom stereocenters. The largest absolute Gasteiger partial charge is 0.455 e. The summed E-state index contributed by atoms with van der Waals surface area (Å²) in [7, 11) is -8.49. The smallest absolute Gasteiger partial charge is 0.416 e. The number of hydrogen-bond acceptors (Lipinski definition) is 10. The Morgan fingerprint density at radius 3 is 2.25 bits per heavy atom. The van der Waals surface area contributed by atoms with E-state index >= 15 is 0 Å². The summed E-state index contributed by atoms with van der Waals surface area (Å²) in [6.07, 6.45) is -2.14. The molecule has 0 aliphatic rings. The Hall–Kier alpha value is -4.75. The molecule has 0 spiro atoms. The number of alkyl halides is 3. The Kier molecular flexibility index (Phi) is 9.92. The fourth-order valence-corrected chi connectivity index (χ4v) is 6.66. The molecule has 6 rings (SSSR count). The third-order valence-electron chi connectivity index (χ3n) is 6.30. The molecule has 0 aliphatic heterocycles. The van der Waals surface area contributed by atoms with Crippen LogP contribution in [0.4, 0.5) is 22.7 Å². The van der Waals surface area contributed by atoms with Crippen LogP contribution in [-0.4, -0.2) is 41.8 Å². The third-order valence-corrected chi connectivity index (χ3v) is 9.53. The molecule has 2 heterocycles. The van der Waals surface area contributed by atoms with E-state index in [9.17, 15) is 34.4 Å². The van der Waals surface area contributed by atoms with Crippen molar-refractivity contribution in [3.63, 3.8) is 0 Å². The number of sulfonamides is 1. The predicted octanol–water partition coefficient (Wildman–Crippen LogP) is 7.49. The molecule has 0 saturated heterocycles. The van der Waals surface area contributed by atoms with Gasteiger partial charge in [0.25, 0.3) is 20.1 Å². The average Bonchev–Trinajstić information content (AvgIpc) is 3.54. The highest BCUT2D eigenvalue weighted by atomic mass is 35.5. The lowest BCUT2D eigenvalue weighted by atomic mass is 10.0. The molecule has 0 radical (unpaired) electrons. The molecule has 0 aliphatic carbocycles. The second-order valence-electron chi connectivity index (χ2n) is 9.49. The molecule has 0 saturated carbocycles. The van der Waals surface area contributed by atoms with Crippen LogP contribution in [0.15, 0.2) is 107 Å². The van der Waals surface area contributed by atoms with E-state index in [0.29, 0.717) is 6.07 Å². The summed E-state index contributed by atoms with van der Waals surface area (Å²) in [4.78, 5) is -0.859. The molecule has 19 heteroatoms. The van der Waals surface area contributed by atoms with Crippen LogP contribution in [-0.2, 0) is 26.3 Å². The highest BCUT2D eigenvalue weighted by Gasteiger charge is 2.32. The van der Waals surface area contributed by atoms with E-state index in [4.69, 9.17) is 20.9 Å². The van der Waals surface area contributed by atoms with Crippen LogP contribution in [0, 0.1) is 5.82 Å². The van der Waals surface area contributed by atoms with Gasteiger partial charge < -0.3 is 4.74 Å². The van der Waals surface area contributed by atoms with E-state index in [2.05, 4.69) is 25.1 Å².